The quantitative estimate of drug-likeness (QED) is 0.338. The SMILES string of the molecule is C/C1=C\[C@H](C)C(=O)/C(C)=C/C=C/C[C@H]2O[C@@]2(C)/C=C/[C@@H](O)C[C@@H](O)[C@@H](C)[C@H](/C=C/[C@H]2O[C@H]2C)OC1=O. The third-order valence-corrected chi connectivity index (χ3v) is 7.18. The van der Waals surface area contributed by atoms with Crippen LogP contribution in [0, 0.1) is 11.8 Å². The molecule has 2 N–H and O–H groups in total. The van der Waals surface area contributed by atoms with E-state index in [1.54, 1.807) is 52.0 Å². The Morgan fingerprint density at radius 1 is 1.06 bits per heavy atom. The number of aliphatic hydroxyl groups is 2. The number of carbonyl (C=O) groups is 2. The van der Waals surface area contributed by atoms with Crippen molar-refractivity contribution in [2.24, 2.45) is 11.8 Å². The fourth-order valence-corrected chi connectivity index (χ4v) is 4.30. The molecule has 7 heteroatoms. The lowest BCUT2D eigenvalue weighted by Gasteiger charge is -2.27. The summed E-state index contributed by atoms with van der Waals surface area (Å²) in [5.74, 6) is -1.63. The van der Waals surface area contributed by atoms with Gasteiger partial charge in [0.05, 0.1) is 24.4 Å². The Bertz CT molecular complexity index is 974. The summed E-state index contributed by atoms with van der Waals surface area (Å²) in [6, 6.07) is 0. The molecule has 7 nitrogen and oxygen atoms in total. The molecule has 198 valence electrons. The molecule has 2 fully saturated rings. The van der Waals surface area contributed by atoms with E-state index in [1.807, 2.05) is 38.2 Å². The number of epoxide rings is 2. The molecule has 0 aliphatic carbocycles. The highest BCUT2D eigenvalue weighted by atomic mass is 16.6. The van der Waals surface area contributed by atoms with Crippen LogP contribution >= 0.6 is 0 Å². The number of ether oxygens (including phenoxy) is 3. The number of rotatable bonds is 2. The monoisotopic (exact) mass is 500 g/mol. The number of Topliss-reactive ketones (excluding diaryl/α,β-unsaturated/α-hetero) is 1. The van der Waals surface area contributed by atoms with Gasteiger partial charge >= 0.3 is 5.97 Å². The van der Waals surface area contributed by atoms with Crippen LogP contribution in [0.25, 0.3) is 0 Å². The van der Waals surface area contributed by atoms with Crippen LogP contribution in [0.15, 0.2) is 59.8 Å². The first-order valence-corrected chi connectivity index (χ1v) is 12.8. The number of allylic oxidation sites excluding steroid dienone is 4. The van der Waals surface area contributed by atoms with Crippen molar-refractivity contribution < 1.29 is 34.0 Å². The summed E-state index contributed by atoms with van der Waals surface area (Å²) in [6.45, 7) is 10.8. The molecule has 0 bridgehead atoms. The van der Waals surface area contributed by atoms with E-state index in [2.05, 4.69) is 0 Å². The zero-order chi connectivity index (χ0) is 26.6. The highest BCUT2D eigenvalue weighted by molar-refractivity contribution is 5.99. The van der Waals surface area contributed by atoms with Crippen LogP contribution in [0.3, 0.4) is 0 Å². The molecule has 0 aromatic heterocycles. The first kappa shape index (κ1) is 28.3. The lowest BCUT2D eigenvalue weighted by atomic mass is 9.92. The van der Waals surface area contributed by atoms with Gasteiger partial charge in [-0.2, -0.15) is 0 Å². The summed E-state index contributed by atoms with van der Waals surface area (Å²) >= 11 is 0. The third kappa shape index (κ3) is 7.59. The number of hydrogen-bond acceptors (Lipinski definition) is 7. The predicted octanol–water partition coefficient (Wildman–Crippen LogP) is 3.76. The van der Waals surface area contributed by atoms with Gasteiger partial charge in [-0.3, -0.25) is 4.79 Å². The molecular formula is C29H40O7. The standard InChI is InChI=1S/C29H40O7/c1-17-9-7-8-10-26-29(6,36-26)14-13-22(30)16-23(31)20(4)24(11-12-25-21(5)34-25)35-28(33)19(3)15-18(2)27(17)32/h7-9,11-15,18,20-26,30-31H,10,16H2,1-6H3/b8-7+,12-11+,14-13+,17-9+,19-15+/t18-,20+,21-,22+,23+,24-,25+,26+,29-/m0/s1. The minimum absolute atomic E-state index is 0.0125. The van der Waals surface area contributed by atoms with Crippen LogP contribution in [0.2, 0.25) is 0 Å². The van der Waals surface area contributed by atoms with Crippen LogP contribution in [-0.4, -0.2) is 64.2 Å². The van der Waals surface area contributed by atoms with Gasteiger partial charge in [0, 0.05) is 23.8 Å². The minimum Gasteiger partial charge on any atom is -0.454 e. The topological polar surface area (TPSA) is 109 Å². The Hall–Kier alpha value is -2.32. The van der Waals surface area contributed by atoms with Crippen LogP contribution < -0.4 is 0 Å². The van der Waals surface area contributed by atoms with E-state index in [-0.39, 0.29) is 30.5 Å². The van der Waals surface area contributed by atoms with Crippen LogP contribution in [0.4, 0.5) is 0 Å². The fourth-order valence-electron chi connectivity index (χ4n) is 4.30. The van der Waals surface area contributed by atoms with Crippen LogP contribution in [-0.2, 0) is 23.8 Å². The molecule has 3 heterocycles. The smallest absolute Gasteiger partial charge is 0.334 e. The van der Waals surface area contributed by atoms with Gasteiger partial charge in [-0.15, -0.1) is 0 Å². The normalized spacial score (nSPS) is 45.4. The maximum absolute atomic E-state index is 12.9. The molecule has 0 aromatic carbocycles. The van der Waals surface area contributed by atoms with E-state index in [1.165, 1.54) is 0 Å². The van der Waals surface area contributed by atoms with Crippen molar-refractivity contribution in [3.05, 3.63) is 59.8 Å². The largest absolute Gasteiger partial charge is 0.454 e. The summed E-state index contributed by atoms with van der Waals surface area (Å²) in [5, 5.41) is 21.4. The second-order valence-corrected chi connectivity index (χ2v) is 10.5. The van der Waals surface area contributed by atoms with Gasteiger partial charge in [-0.05, 0) is 45.8 Å². The molecule has 3 aliphatic heterocycles. The lowest BCUT2D eigenvalue weighted by Crippen LogP contribution is -2.34. The highest BCUT2D eigenvalue weighted by Gasteiger charge is 2.49. The van der Waals surface area contributed by atoms with E-state index in [0.29, 0.717) is 17.6 Å². The number of ketones is 1. The van der Waals surface area contributed by atoms with Crippen molar-refractivity contribution in [1.82, 2.24) is 0 Å². The Labute approximate surface area is 214 Å². The predicted molar refractivity (Wildman–Crippen MR) is 137 cm³/mol. The van der Waals surface area contributed by atoms with Gasteiger partial charge in [-0.25, -0.2) is 4.79 Å². The average Bonchev–Trinajstić information content (AvgIpc) is 3.72. The Morgan fingerprint density at radius 2 is 1.72 bits per heavy atom. The number of aliphatic hydroxyl groups excluding tert-OH is 2. The molecular weight excluding hydrogens is 460 g/mol. The van der Waals surface area contributed by atoms with Crippen molar-refractivity contribution in [1.29, 1.82) is 0 Å². The second-order valence-electron chi connectivity index (χ2n) is 10.5. The number of carbonyl (C=O) groups excluding carboxylic acids is 2. The molecule has 0 amide bonds. The van der Waals surface area contributed by atoms with Crippen molar-refractivity contribution in [3.63, 3.8) is 0 Å². The van der Waals surface area contributed by atoms with E-state index in [0.717, 1.165) is 0 Å². The molecule has 0 unspecified atom stereocenters. The highest BCUT2D eigenvalue weighted by Crippen LogP contribution is 2.40. The number of cyclic esters (lactones) is 1. The maximum atomic E-state index is 12.9. The van der Waals surface area contributed by atoms with E-state index < -0.39 is 41.7 Å². The summed E-state index contributed by atoms with van der Waals surface area (Å²) in [7, 11) is 0. The van der Waals surface area contributed by atoms with Crippen molar-refractivity contribution in [2.45, 2.75) is 96.6 Å². The van der Waals surface area contributed by atoms with Crippen LogP contribution in [0.5, 0.6) is 0 Å². The zero-order valence-corrected chi connectivity index (χ0v) is 22.1. The second kappa shape index (κ2) is 11.8. The maximum Gasteiger partial charge on any atom is 0.334 e. The van der Waals surface area contributed by atoms with Crippen molar-refractivity contribution in [2.75, 3.05) is 0 Å². The van der Waals surface area contributed by atoms with Crippen molar-refractivity contribution in [3.8, 4) is 0 Å². The van der Waals surface area contributed by atoms with Gasteiger partial charge < -0.3 is 24.4 Å². The first-order valence-electron chi connectivity index (χ1n) is 12.8. The fraction of sp³-hybridized carbons (Fsp3) is 0.586. The van der Waals surface area contributed by atoms with Gasteiger partial charge in [0.2, 0.25) is 0 Å². The molecule has 0 aromatic rings. The number of fused-ring (bicyclic) bond motifs is 1. The average molecular weight is 501 g/mol. The molecule has 3 rings (SSSR count). The molecule has 36 heavy (non-hydrogen) atoms. The Kier molecular flexibility index (Phi) is 9.28. The molecule has 0 spiro atoms. The van der Waals surface area contributed by atoms with Gasteiger partial charge in [0.1, 0.15) is 17.8 Å². The molecule has 0 radical (unpaired) electrons. The van der Waals surface area contributed by atoms with Gasteiger partial charge in [-0.1, -0.05) is 56.4 Å². The molecule has 9 atom stereocenters. The first-order chi connectivity index (χ1) is 16.9. The lowest BCUT2D eigenvalue weighted by molar-refractivity contribution is -0.146. The zero-order valence-electron chi connectivity index (χ0n) is 22.1. The van der Waals surface area contributed by atoms with E-state index in [4.69, 9.17) is 14.2 Å². The molecule has 3 aliphatic rings. The molecule has 2 saturated heterocycles. The summed E-state index contributed by atoms with van der Waals surface area (Å²) in [5.41, 5.74) is 0.428. The van der Waals surface area contributed by atoms with Crippen molar-refractivity contribution >= 4 is 11.8 Å². The third-order valence-electron chi connectivity index (χ3n) is 7.18. The number of esters is 1. The minimum atomic E-state index is -0.931. The van der Waals surface area contributed by atoms with Gasteiger partial charge in [0.15, 0.2) is 5.78 Å². The van der Waals surface area contributed by atoms with E-state index in [9.17, 15) is 19.8 Å². The Morgan fingerprint density at radius 3 is 2.39 bits per heavy atom. The summed E-state index contributed by atoms with van der Waals surface area (Å²) < 4.78 is 17.0. The number of hydrogen-bond donors (Lipinski definition) is 2. The van der Waals surface area contributed by atoms with E-state index >= 15 is 0 Å². The van der Waals surface area contributed by atoms with Crippen LogP contribution in [0.1, 0.15) is 54.4 Å². The Balaban J connectivity index is 1.85. The summed E-state index contributed by atoms with van der Waals surface area (Å²) in [6.07, 6.45) is 12.5. The molecule has 0 saturated carbocycles. The van der Waals surface area contributed by atoms with Gasteiger partial charge in [0.25, 0.3) is 0 Å². The summed E-state index contributed by atoms with van der Waals surface area (Å²) in [4.78, 5) is 25.7.